The number of aliphatic imine (C=N–C) groups is 1. The molecule has 2 saturated heterocycles. The van der Waals surface area contributed by atoms with E-state index in [2.05, 4.69) is 22.5 Å². The van der Waals surface area contributed by atoms with E-state index in [0.717, 1.165) is 32.4 Å². The van der Waals surface area contributed by atoms with E-state index in [9.17, 15) is 30.0 Å². The SMILES string of the molecule is C=C1O[C@](C)(OCC)C(=O)/C1=C(/CCO)C1=NC2(N/C1=C(/CO)NC(=O)/C(C)=C\C=C\[C@H](C)[C@H](O)[C@@H](C)[C@@H](O)C(C)C)C1CCCC2CNC1. The number of amides is 1. The van der Waals surface area contributed by atoms with Crippen molar-refractivity contribution in [3.05, 3.63) is 58.7 Å². The Balaban J connectivity index is 1.72. The van der Waals surface area contributed by atoms with Gasteiger partial charge in [-0.05, 0) is 44.6 Å². The molecule has 12 nitrogen and oxygen atoms in total. The van der Waals surface area contributed by atoms with Gasteiger partial charge in [0.25, 0.3) is 11.7 Å². The van der Waals surface area contributed by atoms with Gasteiger partial charge in [0.1, 0.15) is 11.4 Å². The molecule has 4 aliphatic rings. The van der Waals surface area contributed by atoms with Gasteiger partial charge in [0.05, 0.1) is 41.5 Å². The van der Waals surface area contributed by atoms with E-state index in [-0.39, 0.29) is 66.3 Å². The molecule has 2 bridgehead atoms. The third-order valence-electron chi connectivity index (χ3n) is 10.7. The maximum absolute atomic E-state index is 13.9. The monoisotopic (exact) mass is 698 g/mol. The van der Waals surface area contributed by atoms with Gasteiger partial charge in [0.15, 0.2) is 0 Å². The van der Waals surface area contributed by atoms with Gasteiger partial charge in [-0.2, -0.15) is 0 Å². The fraction of sp³-hybridized carbons (Fsp3) is 0.658. The zero-order valence-corrected chi connectivity index (χ0v) is 30.7. The van der Waals surface area contributed by atoms with Crippen molar-refractivity contribution >= 4 is 17.4 Å². The van der Waals surface area contributed by atoms with Gasteiger partial charge in [-0.3, -0.25) is 14.6 Å². The first-order chi connectivity index (χ1) is 23.6. The van der Waals surface area contributed by atoms with E-state index in [0.29, 0.717) is 22.6 Å². The van der Waals surface area contributed by atoms with Crippen LogP contribution in [0.4, 0.5) is 0 Å². The maximum Gasteiger partial charge on any atom is 0.272 e. The number of hydrogen-bond acceptors (Lipinski definition) is 11. The van der Waals surface area contributed by atoms with Gasteiger partial charge < -0.3 is 45.9 Å². The van der Waals surface area contributed by atoms with Crippen molar-refractivity contribution in [1.29, 1.82) is 0 Å². The summed E-state index contributed by atoms with van der Waals surface area (Å²) in [7, 11) is 0. The summed E-state index contributed by atoms with van der Waals surface area (Å²) < 4.78 is 11.6. The van der Waals surface area contributed by atoms with Crippen LogP contribution < -0.4 is 16.0 Å². The Kier molecular flexibility index (Phi) is 13.1. The van der Waals surface area contributed by atoms with Crippen molar-refractivity contribution in [1.82, 2.24) is 16.0 Å². The minimum atomic E-state index is -1.58. The lowest BCUT2D eigenvalue weighted by Crippen LogP contribution is -2.63. The fourth-order valence-corrected chi connectivity index (χ4v) is 7.79. The predicted octanol–water partition coefficient (Wildman–Crippen LogP) is 2.76. The Morgan fingerprint density at radius 1 is 1.16 bits per heavy atom. The normalized spacial score (nSPS) is 31.4. The molecule has 3 fully saturated rings. The molecule has 1 aliphatic carbocycles. The highest BCUT2D eigenvalue weighted by Gasteiger charge is 2.55. The molecule has 0 aromatic heterocycles. The lowest BCUT2D eigenvalue weighted by atomic mass is 9.69. The maximum atomic E-state index is 13.9. The number of allylic oxidation sites excluding steroid dienone is 4. The second-order valence-corrected chi connectivity index (χ2v) is 14.6. The molecule has 3 heterocycles. The molecular weight excluding hydrogens is 640 g/mol. The Morgan fingerprint density at radius 3 is 2.40 bits per heavy atom. The third-order valence-corrected chi connectivity index (χ3v) is 10.7. The van der Waals surface area contributed by atoms with Crippen LogP contribution >= 0.6 is 0 Å². The molecule has 3 aliphatic heterocycles. The lowest BCUT2D eigenvalue weighted by Gasteiger charge is -2.49. The number of nitrogens with one attached hydrogen (secondary N) is 3. The van der Waals surface area contributed by atoms with Gasteiger partial charge in [-0.15, -0.1) is 0 Å². The number of nitrogens with zero attached hydrogens (tertiary/aromatic N) is 1. The number of carbonyl (C=O) groups is 2. The summed E-state index contributed by atoms with van der Waals surface area (Å²) in [4.78, 5) is 32.7. The predicted molar refractivity (Wildman–Crippen MR) is 191 cm³/mol. The number of aliphatic hydroxyl groups is 4. The quantitative estimate of drug-likeness (QED) is 0.105. The molecule has 12 heteroatoms. The van der Waals surface area contributed by atoms with E-state index in [1.165, 1.54) is 6.92 Å². The van der Waals surface area contributed by atoms with E-state index in [1.54, 1.807) is 32.1 Å². The van der Waals surface area contributed by atoms with Gasteiger partial charge in [-0.1, -0.05) is 58.9 Å². The molecule has 0 radical (unpaired) electrons. The van der Waals surface area contributed by atoms with Crippen molar-refractivity contribution in [2.75, 3.05) is 32.9 Å². The smallest absolute Gasteiger partial charge is 0.272 e. The average Bonchev–Trinajstić information content (AvgIpc) is 3.54. The molecular formula is C38H58N4O8. The van der Waals surface area contributed by atoms with Gasteiger partial charge in [0, 0.05) is 62.5 Å². The van der Waals surface area contributed by atoms with Crippen LogP contribution in [0.15, 0.2) is 63.7 Å². The molecule has 7 N–H and O–H groups in total. The molecule has 4 rings (SSSR count). The number of carbonyl (C=O) groups excluding carboxylic acids is 2. The first-order valence-electron chi connectivity index (χ1n) is 18.0. The summed E-state index contributed by atoms with van der Waals surface area (Å²) in [6.07, 6.45) is 6.64. The third kappa shape index (κ3) is 7.85. The van der Waals surface area contributed by atoms with Crippen molar-refractivity contribution in [2.24, 2.45) is 34.6 Å². The van der Waals surface area contributed by atoms with Crippen LogP contribution in [0.25, 0.3) is 0 Å². The molecule has 1 saturated carbocycles. The molecule has 278 valence electrons. The van der Waals surface area contributed by atoms with Crippen LogP contribution in [0, 0.1) is 29.6 Å². The number of aliphatic hydroxyl groups excluding tert-OH is 4. The van der Waals surface area contributed by atoms with E-state index < -0.39 is 42.0 Å². The van der Waals surface area contributed by atoms with Gasteiger partial charge in [-0.25, -0.2) is 0 Å². The number of rotatable bonds is 14. The molecule has 1 spiro atoms. The van der Waals surface area contributed by atoms with Crippen LogP contribution in [0.3, 0.4) is 0 Å². The first kappa shape index (κ1) is 39.7. The van der Waals surface area contributed by atoms with Crippen LogP contribution in [0.5, 0.6) is 0 Å². The van der Waals surface area contributed by atoms with Crippen molar-refractivity contribution in [2.45, 2.75) is 97.8 Å². The van der Waals surface area contributed by atoms with Crippen LogP contribution in [-0.4, -0.2) is 94.4 Å². The van der Waals surface area contributed by atoms with E-state index >= 15 is 0 Å². The minimum absolute atomic E-state index is 0.0117. The highest BCUT2D eigenvalue weighted by molar-refractivity contribution is 6.21. The molecule has 7 atom stereocenters. The fourth-order valence-electron chi connectivity index (χ4n) is 7.79. The lowest BCUT2D eigenvalue weighted by molar-refractivity contribution is -0.186. The summed E-state index contributed by atoms with van der Waals surface area (Å²) in [5.74, 6) is -2.74. The van der Waals surface area contributed by atoms with Crippen molar-refractivity contribution in [3.63, 3.8) is 0 Å². The summed E-state index contributed by atoms with van der Waals surface area (Å²) in [5, 5.41) is 52.2. The summed E-state index contributed by atoms with van der Waals surface area (Å²) in [6.45, 7) is 17.3. The number of ether oxygens (including phenoxy) is 2. The highest BCUT2D eigenvalue weighted by atomic mass is 16.7. The first-order valence-corrected chi connectivity index (χ1v) is 18.0. The van der Waals surface area contributed by atoms with Gasteiger partial charge >= 0.3 is 0 Å². The van der Waals surface area contributed by atoms with Crippen molar-refractivity contribution in [3.8, 4) is 0 Å². The number of piperidine rings is 1. The van der Waals surface area contributed by atoms with Crippen LogP contribution in [0.2, 0.25) is 0 Å². The minimum Gasteiger partial charge on any atom is -0.455 e. The zero-order valence-electron chi connectivity index (χ0n) is 30.7. The number of ketones is 1. The number of Topliss-reactive ketones (excluding diaryl/α,β-unsaturated/α-hetero) is 1. The highest BCUT2D eigenvalue weighted by Crippen LogP contribution is 2.47. The molecule has 0 aromatic rings. The Bertz CT molecular complexity index is 1440. The molecule has 0 aromatic carbocycles. The molecule has 50 heavy (non-hydrogen) atoms. The summed E-state index contributed by atoms with van der Waals surface area (Å²) in [6, 6.07) is 0. The Morgan fingerprint density at radius 2 is 1.82 bits per heavy atom. The zero-order chi connectivity index (χ0) is 37.0. The van der Waals surface area contributed by atoms with Crippen LogP contribution in [0.1, 0.15) is 74.1 Å². The Labute approximate surface area is 296 Å². The average molecular weight is 699 g/mol. The molecule has 1 amide bonds. The second kappa shape index (κ2) is 16.5. The van der Waals surface area contributed by atoms with Crippen molar-refractivity contribution < 1.29 is 39.5 Å². The largest absolute Gasteiger partial charge is 0.455 e. The molecule has 2 unspecified atom stereocenters. The topological polar surface area (TPSA) is 182 Å². The number of hydrogen-bond donors (Lipinski definition) is 7. The second-order valence-electron chi connectivity index (χ2n) is 14.6. The summed E-state index contributed by atoms with van der Waals surface area (Å²) in [5.41, 5.74) is 1.13. The van der Waals surface area contributed by atoms with E-state index in [1.807, 2.05) is 27.7 Å². The van der Waals surface area contributed by atoms with E-state index in [4.69, 9.17) is 14.5 Å². The van der Waals surface area contributed by atoms with Gasteiger partial charge in [0.2, 0.25) is 5.78 Å². The summed E-state index contributed by atoms with van der Waals surface area (Å²) >= 11 is 0. The van der Waals surface area contributed by atoms with Crippen LogP contribution in [-0.2, 0) is 19.1 Å². The Hall–Kier alpha value is -3.13. The standard InChI is InChI=1S/C38H58N4O8/c1-9-49-37(8)35(47)30(25(7)50-37)28(16-17-43)31-32(42-38(41-31)26-14-11-15-27(38)19-39-18-26)29(20-44)40-36(48)23(5)13-10-12-22(4)34(46)24(6)33(45)21(2)3/h10,12-13,21-22,24,26-27,33-34,39,42-46H,7,9,11,14-20H2,1-6,8H3,(H,40,48)/b12-10+,23-13-,30-28-,32-29-/t22-,24-,26?,27?,33-,34-,37-,38?/m0/s1.